The number of hydrogen-bond donors (Lipinski definition) is 2. The molecule has 0 aliphatic rings. The van der Waals surface area contributed by atoms with Gasteiger partial charge in [-0.1, -0.05) is 6.07 Å². The number of rotatable bonds is 7. The average molecular weight is 315 g/mol. The molecule has 0 aliphatic heterocycles. The molecule has 7 nitrogen and oxygen atoms in total. The molecule has 0 aromatic carbocycles. The highest BCUT2D eigenvalue weighted by atomic mass is 15.5. The van der Waals surface area contributed by atoms with E-state index in [9.17, 15) is 0 Å². The van der Waals surface area contributed by atoms with E-state index in [1.165, 1.54) is 0 Å². The van der Waals surface area contributed by atoms with Crippen molar-refractivity contribution in [2.24, 2.45) is 5.10 Å². The van der Waals surface area contributed by atoms with Gasteiger partial charge in [0.1, 0.15) is 17.9 Å². The molecule has 124 valence electrons. The standard InChI is InChI=1S/C16H25N7/c1-12-8-7-9-16(19-12)13(2)21-23(6)14(3)22(5)11-15(10-17)20-18-4/h7-9,11,14,18,20H,1-6H3/b15-11-,21-13+. The fourth-order valence-electron chi connectivity index (χ4n) is 1.91. The maximum absolute atomic E-state index is 9.05. The Morgan fingerprint density at radius 3 is 2.70 bits per heavy atom. The van der Waals surface area contributed by atoms with Gasteiger partial charge in [0, 0.05) is 33.0 Å². The zero-order valence-corrected chi connectivity index (χ0v) is 14.6. The monoisotopic (exact) mass is 315 g/mol. The van der Waals surface area contributed by atoms with Gasteiger partial charge in [-0.05, 0) is 32.9 Å². The van der Waals surface area contributed by atoms with Crippen LogP contribution in [0.25, 0.3) is 0 Å². The predicted octanol–water partition coefficient (Wildman–Crippen LogP) is 1.41. The summed E-state index contributed by atoms with van der Waals surface area (Å²) >= 11 is 0. The largest absolute Gasteiger partial charge is 0.357 e. The minimum absolute atomic E-state index is 0.0308. The van der Waals surface area contributed by atoms with E-state index in [0.29, 0.717) is 5.70 Å². The van der Waals surface area contributed by atoms with E-state index in [-0.39, 0.29) is 6.17 Å². The number of hydrogen-bond acceptors (Lipinski definition) is 7. The van der Waals surface area contributed by atoms with E-state index < -0.39 is 0 Å². The average Bonchev–Trinajstić information content (AvgIpc) is 2.53. The third-order valence-electron chi connectivity index (χ3n) is 3.41. The summed E-state index contributed by atoms with van der Waals surface area (Å²) in [6.45, 7) is 5.90. The van der Waals surface area contributed by atoms with Crippen LogP contribution in [0.15, 0.2) is 35.2 Å². The zero-order valence-electron chi connectivity index (χ0n) is 14.6. The Bertz CT molecular complexity index is 615. The number of aryl methyl sites for hydroxylation is 1. The molecule has 0 radical (unpaired) electrons. The molecule has 0 bridgehead atoms. The van der Waals surface area contributed by atoms with Crippen LogP contribution in [0.3, 0.4) is 0 Å². The van der Waals surface area contributed by atoms with Crippen molar-refractivity contribution in [1.82, 2.24) is 25.7 Å². The Labute approximate surface area is 138 Å². The van der Waals surface area contributed by atoms with E-state index in [2.05, 4.69) is 27.0 Å². The van der Waals surface area contributed by atoms with Gasteiger partial charge in [-0.2, -0.15) is 10.4 Å². The van der Waals surface area contributed by atoms with Crippen molar-refractivity contribution in [1.29, 1.82) is 5.26 Å². The molecule has 1 heterocycles. The van der Waals surface area contributed by atoms with Crippen molar-refractivity contribution < 1.29 is 0 Å². The van der Waals surface area contributed by atoms with Gasteiger partial charge in [-0.3, -0.25) is 9.99 Å². The molecule has 7 heteroatoms. The Morgan fingerprint density at radius 2 is 2.13 bits per heavy atom. The van der Waals surface area contributed by atoms with Gasteiger partial charge >= 0.3 is 0 Å². The van der Waals surface area contributed by atoms with Gasteiger partial charge in [-0.15, -0.1) is 0 Å². The number of hydrazone groups is 1. The lowest BCUT2D eigenvalue weighted by molar-refractivity contribution is 0.141. The van der Waals surface area contributed by atoms with Crippen LogP contribution in [0.5, 0.6) is 0 Å². The lowest BCUT2D eigenvalue weighted by Gasteiger charge is -2.30. The molecule has 1 aromatic heterocycles. The summed E-state index contributed by atoms with van der Waals surface area (Å²) in [5, 5.41) is 15.5. The van der Waals surface area contributed by atoms with E-state index in [1.54, 1.807) is 13.2 Å². The maximum Gasteiger partial charge on any atom is 0.143 e. The summed E-state index contributed by atoms with van der Waals surface area (Å²) in [4.78, 5) is 6.38. The molecule has 1 unspecified atom stereocenters. The minimum Gasteiger partial charge on any atom is -0.357 e. The first-order chi connectivity index (χ1) is 10.9. The van der Waals surface area contributed by atoms with Crippen LogP contribution in [0, 0.1) is 18.3 Å². The Kier molecular flexibility index (Phi) is 7.03. The van der Waals surface area contributed by atoms with Gasteiger partial charge in [0.25, 0.3) is 0 Å². The van der Waals surface area contributed by atoms with Crippen molar-refractivity contribution in [3.63, 3.8) is 0 Å². The van der Waals surface area contributed by atoms with Crippen LogP contribution >= 0.6 is 0 Å². The van der Waals surface area contributed by atoms with Crippen molar-refractivity contribution in [3.8, 4) is 6.07 Å². The Morgan fingerprint density at radius 1 is 1.43 bits per heavy atom. The van der Waals surface area contributed by atoms with E-state index in [4.69, 9.17) is 5.26 Å². The molecule has 0 saturated carbocycles. The molecule has 0 amide bonds. The number of hydrazine groups is 1. The van der Waals surface area contributed by atoms with E-state index in [1.807, 2.05) is 63.0 Å². The zero-order chi connectivity index (χ0) is 17.4. The highest BCUT2D eigenvalue weighted by Crippen LogP contribution is 2.07. The fraction of sp³-hybridized carbons (Fsp3) is 0.438. The van der Waals surface area contributed by atoms with E-state index >= 15 is 0 Å². The second kappa shape index (κ2) is 8.76. The van der Waals surface area contributed by atoms with Crippen molar-refractivity contribution >= 4 is 5.71 Å². The third kappa shape index (κ3) is 5.60. The summed E-state index contributed by atoms with van der Waals surface area (Å²) in [7, 11) is 5.50. The first kappa shape index (κ1) is 18.5. The first-order valence-electron chi connectivity index (χ1n) is 7.37. The van der Waals surface area contributed by atoms with Gasteiger partial charge in [-0.25, -0.2) is 5.43 Å². The Balaban J connectivity index is 2.85. The third-order valence-corrected chi connectivity index (χ3v) is 3.41. The van der Waals surface area contributed by atoms with Crippen LogP contribution in [0.4, 0.5) is 0 Å². The second-order valence-electron chi connectivity index (χ2n) is 5.25. The number of nitrogens with one attached hydrogen (secondary N) is 2. The molecule has 1 aromatic rings. The first-order valence-corrected chi connectivity index (χ1v) is 7.37. The summed E-state index contributed by atoms with van der Waals surface area (Å²) in [6.07, 6.45) is 1.70. The fourth-order valence-corrected chi connectivity index (χ4v) is 1.91. The highest BCUT2D eigenvalue weighted by molar-refractivity contribution is 5.96. The summed E-state index contributed by atoms with van der Waals surface area (Å²) in [6, 6.07) is 7.95. The van der Waals surface area contributed by atoms with Crippen LogP contribution < -0.4 is 10.9 Å². The normalized spacial score (nSPS) is 13.3. The molecule has 0 saturated heterocycles. The molecule has 0 fully saturated rings. The number of nitriles is 1. The number of allylic oxidation sites excluding steroid dienone is 1. The molecular weight excluding hydrogens is 290 g/mol. The molecule has 0 spiro atoms. The minimum atomic E-state index is -0.0308. The molecule has 0 aliphatic carbocycles. The number of pyridine rings is 1. The highest BCUT2D eigenvalue weighted by Gasteiger charge is 2.12. The summed E-state index contributed by atoms with van der Waals surface area (Å²) in [5.41, 5.74) is 8.60. The lowest BCUT2D eigenvalue weighted by atomic mass is 10.2. The predicted molar refractivity (Wildman–Crippen MR) is 92.1 cm³/mol. The SMILES string of the molecule is CNN/C(C#N)=C\N(C)C(C)N(C)/N=C(\C)c1cccc(C)n1. The van der Waals surface area contributed by atoms with Crippen LogP contribution in [-0.2, 0) is 0 Å². The van der Waals surface area contributed by atoms with Crippen molar-refractivity contribution in [2.45, 2.75) is 26.9 Å². The molecule has 1 atom stereocenters. The molecule has 23 heavy (non-hydrogen) atoms. The summed E-state index contributed by atoms with van der Waals surface area (Å²) in [5.74, 6) is 0. The van der Waals surface area contributed by atoms with Gasteiger partial charge < -0.3 is 10.3 Å². The second-order valence-corrected chi connectivity index (χ2v) is 5.25. The van der Waals surface area contributed by atoms with Gasteiger partial charge in [0.05, 0.1) is 11.4 Å². The summed E-state index contributed by atoms with van der Waals surface area (Å²) < 4.78 is 0. The number of aromatic nitrogens is 1. The van der Waals surface area contributed by atoms with Gasteiger partial charge in [0.15, 0.2) is 0 Å². The maximum atomic E-state index is 9.05. The van der Waals surface area contributed by atoms with Crippen molar-refractivity contribution in [2.75, 3.05) is 21.1 Å². The van der Waals surface area contributed by atoms with Crippen LogP contribution in [-0.4, -0.2) is 47.9 Å². The molecule has 2 N–H and O–H groups in total. The Hall–Kier alpha value is -2.59. The molecular formula is C16H25N7. The van der Waals surface area contributed by atoms with Crippen LogP contribution in [0.1, 0.15) is 25.2 Å². The smallest absolute Gasteiger partial charge is 0.143 e. The quantitative estimate of drug-likeness (QED) is 0.343. The van der Waals surface area contributed by atoms with Gasteiger partial charge in [0.2, 0.25) is 0 Å². The van der Waals surface area contributed by atoms with Crippen molar-refractivity contribution in [3.05, 3.63) is 41.5 Å². The topological polar surface area (TPSA) is 79.6 Å². The lowest BCUT2D eigenvalue weighted by Crippen LogP contribution is -2.38. The molecule has 1 rings (SSSR count). The van der Waals surface area contributed by atoms with E-state index in [0.717, 1.165) is 17.1 Å². The van der Waals surface area contributed by atoms with Crippen LogP contribution in [0.2, 0.25) is 0 Å². The number of nitrogens with zero attached hydrogens (tertiary/aromatic N) is 5.